The molecule has 1 atom stereocenters. The highest BCUT2D eigenvalue weighted by molar-refractivity contribution is 5.82. The molecule has 0 unspecified atom stereocenters. The van der Waals surface area contributed by atoms with Gasteiger partial charge in [0.15, 0.2) is 0 Å². The Morgan fingerprint density at radius 2 is 2.05 bits per heavy atom. The number of ether oxygens (including phenoxy) is 1. The van der Waals surface area contributed by atoms with Crippen molar-refractivity contribution in [3.8, 4) is 16.9 Å². The highest BCUT2D eigenvalue weighted by atomic mass is 16.5. The Morgan fingerprint density at radius 1 is 1.20 bits per heavy atom. The molecule has 3 rings (SSSR count). The van der Waals surface area contributed by atoms with Crippen LogP contribution >= 0.6 is 0 Å². The minimum Gasteiger partial charge on any atom is -0.495 e. The van der Waals surface area contributed by atoms with Crippen molar-refractivity contribution in [1.82, 2.24) is 15.0 Å². The van der Waals surface area contributed by atoms with Crippen LogP contribution in [-0.4, -0.2) is 27.2 Å². The molecule has 20 heavy (non-hydrogen) atoms. The lowest BCUT2D eigenvalue weighted by Crippen LogP contribution is -1.92. The number of nitrogens with zero attached hydrogens (tertiary/aromatic N) is 2. The quantitative estimate of drug-likeness (QED) is 0.767. The lowest BCUT2D eigenvalue weighted by atomic mass is 10.1. The zero-order chi connectivity index (χ0) is 14.1. The summed E-state index contributed by atoms with van der Waals surface area (Å²) in [6.07, 6.45) is 2.85. The van der Waals surface area contributed by atoms with Crippen LogP contribution in [0.3, 0.4) is 0 Å². The number of rotatable bonds is 3. The van der Waals surface area contributed by atoms with Gasteiger partial charge in [0.1, 0.15) is 17.7 Å². The number of nitrogens with one attached hydrogen (secondary N) is 1. The summed E-state index contributed by atoms with van der Waals surface area (Å²) in [5.41, 5.74) is 3.71. The summed E-state index contributed by atoms with van der Waals surface area (Å²) in [5, 5.41) is 9.56. The van der Waals surface area contributed by atoms with Gasteiger partial charge in [-0.2, -0.15) is 0 Å². The maximum absolute atomic E-state index is 9.56. The summed E-state index contributed by atoms with van der Waals surface area (Å²) in [6.45, 7) is 1.69. The third-order valence-electron chi connectivity index (χ3n) is 3.18. The molecule has 0 radical (unpaired) electrons. The molecule has 0 saturated carbocycles. The summed E-state index contributed by atoms with van der Waals surface area (Å²) in [6, 6.07) is 7.82. The van der Waals surface area contributed by atoms with Crippen LogP contribution in [0.2, 0.25) is 0 Å². The van der Waals surface area contributed by atoms with E-state index in [-0.39, 0.29) is 0 Å². The van der Waals surface area contributed by atoms with Crippen LogP contribution in [0.1, 0.15) is 18.9 Å². The molecule has 0 spiro atoms. The van der Waals surface area contributed by atoms with E-state index < -0.39 is 6.10 Å². The maximum atomic E-state index is 9.56. The zero-order valence-electron chi connectivity index (χ0n) is 11.3. The molecule has 0 saturated heterocycles. The first-order valence-corrected chi connectivity index (χ1v) is 6.34. The Bertz CT molecular complexity index is 750. The van der Waals surface area contributed by atoms with Crippen LogP contribution in [0.15, 0.2) is 36.7 Å². The van der Waals surface area contributed by atoms with E-state index in [1.54, 1.807) is 26.4 Å². The minimum absolute atomic E-state index is 0.570. The number of hydrogen-bond donors (Lipinski definition) is 2. The largest absolute Gasteiger partial charge is 0.495 e. The van der Waals surface area contributed by atoms with Crippen molar-refractivity contribution in [1.29, 1.82) is 0 Å². The fourth-order valence-corrected chi connectivity index (χ4v) is 2.10. The number of fused-ring (bicyclic) bond motifs is 1. The number of aliphatic hydroxyl groups excluding tert-OH is 1. The number of hydrogen-bond acceptors (Lipinski definition) is 4. The number of benzene rings is 1. The number of H-pyrrole nitrogens is 1. The van der Waals surface area contributed by atoms with Crippen molar-refractivity contribution in [3.05, 3.63) is 42.5 Å². The lowest BCUT2D eigenvalue weighted by molar-refractivity contribution is 0.190. The Morgan fingerprint density at radius 3 is 2.80 bits per heavy atom. The highest BCUT2D eigenvalue weighted by Crippen LogP contribution is 2.26. The fourth-order valence-electron chi connectivity index (χ4n) is 2.10. The molecular formula is C15H15N3O2. The van der Waals surface area contributed by atoms with E-state index >= 15 is 0 Å². The number of aromatic nitrogens is 3. The number of aliphatic hydroxyl groups is 1. The average molecular weight is 269 g/mol. The Hall–Kier alpha value is -2.40. The normalized spacial score (nSPS) is 12.6. The van der Waals surface area contributed by atoms with E-state index in [2.05, 4.69) is 15.0 Å². The molecule has 0 aliphatic carbocycles. The van der Waals surface area contributed by atoms with Crippen molar-refractivity contribution in [3.63, 3.8) is 0 Å². The molecule has 0 aliphatic heterocycles. The van der Waals surface area contributed by atoms with Crippen molar-refractivity contribution < 1.29 is 9.84 Å². The van der Waals surface area contributed by atoms with Gasteiger partial charge in [0.2, 0.25) is 0 Å². The maximum Gasteiger partial charge on any atom is 0.137 e. The molecular weight excluding hydrogens is 254 g/mol. The number of aromatic amines is 1. The molecule has 0 aliphatic rings. The molecule has 2 N–H and O–H groups in total. The molecule has 5 nitrogen and oxygen atoms in total. The van der Waals surface area contributed by atoms with Gasteiger partial charge >= 0.3 is 0 Å². The second kappa shape index (κ2) is 4.94. The molecule has 0 fully saturated rings. The van der Waals surface area contributed by atoms with Crippen LogP contribution in [0.25, 0.3) is 22.2 Å². The fraction of sp³-hybridized carbons (Fsp3) is 0.200. The van der Waals surface area contributed by atoms with E-state index in [9.17, 15) is 5.11 Å². The number of pyridine rings is 1. The van der Waals surface area contributed by atoms with E-state index in [0.717, 1.165) is 27.9 Å². The first-order valence-electron chi connectivity index (χ1n) is 6.34. The molecule has 2 aromatic heterocycles. The first kappa shape index (κ1) is 12.6. The minimum atomic E-state index is -0.607. The molecule has 1 aromatic carbocycles. The molecule has 5 heteroatoms. The SMILES string of the molecule is COc1cncc(-c2ccc3nc([C@@H](C)O)[nH]c3c2)c1. The van der Waals surface area contributed by atoms with Gasteiger partial charge < -0.3 is 14.8 Å². The molecule has 0 amide bonds. The number of methoxy groups -OCH3 is 1. The standard InChI is InChI=1S/C15H15N3O2/c1-9(19)15-17-13-4-3-10(6-14(13)18-15)11-5-12(20-2)8-16-7-11/h3-9,19H,1-2H3,(H,17,18)/t9-/m1/s1. The first-order chi connectivity index (χ1) is 9.67. The predicted molar refractivity (Wildman–Crippen MR) is 76.5 cm³/mol. The summed E-state index contributed by atoms with van der Waals surface area (Å²) < 4.78 is 5.18. The number of imidazole rings is 1. The average Bonchev–Trinajstić information content (AvgIpc) is 2.90. The third kappa shape index (κ3) is 2.23. The molecule has 3 aromatic rings. The van der Waals surface area contributed by atoms with Crippen LogP contribution in [0.4, 0.5) is 0 Å². The van der Waals surface area contributed by atoms with Gasteiger partial charge in [-0.25, -0.2) is 4.98 Å². The molecule has 2 heterocycles. The van der Waals surface area contributed by atoms with Crippen molar-refractivity contribution in [2.45, 2.75) is 13.0 Å². The smallest absolute Gasteiger partial charge is 0.137 e. The molecule has 0 bridgehead atoms. The van der Waals surface area contributed by atoms with Crippen LogP contribution < -0.4 is 4.74 Å². The Balaban J connectivity index is 2.07. The van der Waals surface area contributed by atoms with Crippen molar-refractivity contribution in [2.75, 3.05) is 7.11 Å². The van der Waals surface area contributed by atoms with E-state index in [4.69, 9.17) is 4.74 Å². The predicted octanol–water partition coefficient (Wildman–Crippen LogP) is 2.69. The highest BCUT2D eigenvalue weighted by Gasteiger charge is 2.09. The van der Waals surface area contributed by atoms with Crippen LogP contribution in [0, 0.1) is 0 Å². The third-order valence-corrected chi connectivity index (χ3v) is 3.18. The van der Waals surface area contributed by atoms with Crippen molar-refractivity contribution in [2.24, 2.45) is 0 Å². The second-order valence-corrected chi connectivity index (χ2v) is 4.64. The van der Waals surface area contributed by atoms with E-state index in [1.165, 1.54) is 0 Å². The zero-order valence-corrected chi connectivity index (χ0v) is 11.3. The van der Waals surface area contributed by atoms with Crippen molar-refractivity contribution >= 4 is 11.0 Å². The lowest BCUT2D eigenvalue weighted by Gasteiger charge is -2.04. The summed E-state index contributed by atoms with van der Waals surface area (Å²) in [5.74, 6) is 1.29. The Kier molecular flexibility index (Phi) is 3.12. The van der Waals surface area contributed by atoms with Crippen LogP contribution in [-0.2, 0) is 0 Å². The van der Waals surface area contributed by atoms with Gasteiger partial charge in [-0.3, -0.25) is 4.98 Å². The summed E-state index contributed by atoms with van der Waals surface area (Å²) in [4.78, 5) is 11.6. The summed E-state index contributed by atoms with van der Waals surface area (Å²) in [7, 11) is 1.62. The van der Waals surface area contributed by atoms with Crippen LogP contribution in [0.5, 0.6) is 5.75 Å². The van der Waals surface area contributed by atoms with Gasteiger partial charge in [-0.15, -0.1) is 0 Å². The molecule has 102 valence electrons. The van der Waals surface area contributed by atoms with Gasteiger partial charge in [0.05, 0.1) is 24.3 Å². The van der Waals surface area contributed by atoms with Gasteiger partial charge in [-0.1, -0.05) is 6.07 Å². The van der Waals surface area contributed by atoms with Gasteiger partial charge in [0, 0.05) is 11.8 Å². The van der Waals surface area contributed by atoms with E-state index in [1.807, 2.05) is 24.3 Å². The second-order valence-electron chi connectivity index (χ2n) is 4.64. The summed E-state index contributed by atoms with van der Waals surface area (Å²) >= 11 is 0. The monoisotopic (exact) mass is 269 g/mol. The van der Waals surface area contributed by atoms with Gasteiger partial charge in [0.25, 0.3) is 0 Å². The topological polar surface area (TPSA) is 71.0 Å². The Labute approximate surface area is 116 Å². The van der Waals surface area contributed by atoms with Gasteiger partial charge in [-0.05, 0) is 30.7 Å². The van der Waals surface area contributed by atoms with E-state index in [0.29, 0.717) is 5.82 Å².